The maximum atomic E-state index is 13.6. The third kappa shape index (κ3) is 6.99. The maximum Gasteiger partial charge on any atom is 0.424 e. The SMILES string of the molecule is CCNC(=NCCC(O)(c1nccn1C)C(F)(F)F)NCCc1ccccc1OC.I. The highest BCUT2D eigenvalue weighted by atomic mass is 127. The maximum absolute atomic E-state index is 13.6. The Balaban J connectivity index is 0.00000480. The van der Waals surface area contributed by atoms with Gasteiger partial charge in [0.15, 0.2) is 5.96 Å². The molecule has 1 atom stereocenters. The molecule has 0 saturated heterocycles. The molecule has 1 aromatic heterocycles. The minimum absolute atomic E-state index is 0. The summed E-state index contributed by atoms with van der Waals surface area (Å²) < 4.78 is 47.2. The topological polar surface area (TPSA) is 83.7 Å². The fourth-order valence-corrected chi connectivity index (χ4v) is 3.04. The summed E-state index contributed by atoms with van der Waals surface area (Å²) in [6.45, 7) is 2.67. The number of nitrogens with one attached hydrogen (secondary N) is 2. The standard InChI is InChI=1S/C20H28F3N5O2.HI/c1-4-24-18(26-11-9-15-7-5-6-8-16(15)30-3)27-12-10-19(29,20(21,22)23)17-25-13-14-28(17)2;/h5-8,13-14,29H,4,9-12H2,1-3H3,(H2,24,26,27);1H. The molecule has 0 bridgehead atoms. The van der Waals surface area contributed by atoms with E-state index in [4.69, 9.17) is 4.74 Å². The average Bonchev–Trinajstić information content (AvgIpc) is 3.13. The largest absolute Gasteiger partial charge is 0.496 e. The minimum atomic E-state index is -4.88. The third-order valence-electron chi connectivity index (χ3n) is 4.63. The Morgan fingerprint density at radius 1 is 1.26 bits per heavy atom. The van der Waals surface area contributed by atoms with Crippen molar-refractivity contribution in [2.24, 2.45) is 12.0 Å². The van der Waals surface area contributed by atoms with Gasteiger partial charge in [0, 0.05) is 45.5 Å². The fraction of sp³-hybridized carbons (Fsp3) is 0.500. The molecule has 1 aromatic carbocycles. The van der Waals surface area contributed by atoms with Crippen LogP contribution >= 0.6 is 24.0 Å². The summed E-state index contributed by atoms with van der Waals surface area (Å²) in [6.07, 6.45) is -2.30. The first-order chi connectivity index (χ1) is 14.2. The van der Waals surface area contributed by atoms with Crippen LogP contribution in [0.2, 0.25) is 0 Å². The molecule has 0 spiro atoms. The van der Waals surface area contributed by atoms with Gasteiger partial charge < -0.3 is 25.0 Å². The highest BCUT2D eigenvalue weighted by Gasteiger charge is 2.57. The molecule has 0 radical (unpaired) electrons. The number of hydrogen-bond acceptors (Lipinski definition) is 4. The van der Waals surface area contributed by atoms with E-state index in [2.05, 4.69) is 20.6 Å². The van der Waals surface area contributed by atoms with E-state index in [9.17, 15) is 18.3 Å². The Bertz CT molecular complexity index is 844. The first kappa shape index (κ1) is 27.0. The number of imidazole rings is 1. The number of ether oxygens (including phenoxy) is 1. The van der Waals surface area contributed by atoms with E-state index in [0.717, 1.165) is 15.9 Å². The van der Waals surface area contributed by atoms with Gasteiger partial charge in [-0.1, -0.05) is 18.2 Å². The van der Waals surface area contributed by atoms with E-state index in [1.54, 1.807) is 7.11 Å². The van der Waals surface area contributed by atoms with Gasteiger partial charge in [0.2, 0.25) is 5.60 Å². The van der Waals surface area contributed by atoms with Gasteiger partial charge in [-0.15, -0.1) is 24.0 Å². The predicted molar refractivity (Wildman–Crippen MR) is 124 cm³/mol. The Morgan fingerprint density at radius 3 is 2.55 bits per heavy atom. The summed E-state index contributed by atoms with van der Waals surface area (Å²) in [7, 11) is 3.01. The van der Waals surface area contributed by atoms with E-state index in [1.807, 2.05) is 31.2 Å². The van der Waals surface area contributed by atoms with Crippen molar-refractivity contribution in [1.82, 2.24) is 20.2 Å². The number of para-hydroxylation sites is 1. The van der Waals surface area contributed by atoms with Crippen molar-refractivity contribution in [2.45, 2.75) is 31.5 Å². The van der Waals surface area contributed by atoms with Crippen molar-refractivity contribution in [3.05, 3.63) is 48.0 Å². The van der Waals surface area contributed by atoms with Crippen molar-refractivity contribution in [3.8, 4) is 5.75 Å². The lowest BCUT2D eigenvalue weighted by Gasteiger charge is -2.29. The van der Waals surface area contributed by atoms with Crippen LogP contribution in [-0.4, -0.2) is 53.5 Å². The van der Waals surface area contributed by atoms with Crippen molar-refractivity contribution in [2.75, 3.05) is 26.7 Å². The Kier molecular flexibility index (Phi) is 10.6. The van der Waals surface area contributed by atoms with Gasteiger partial charge in [0.25, 0.3) is 0 Å². The highest BCUT2D eigenvalue weighted by Crippen LogP contribution is 2.40. The molecule has 0 amide bonds. The zero-order chi connectivity index (χ0) is 22.2. The molecule has 31 heavy (non-hydrogen) atoms. The second-order valence-electron chi connectivity index (χ2n) is 6.72. The van der Waals surface area contributed by atoms with Crippen LogP contribution in [0.3, 0.4) is 0 Å². The van der Waals surface area contributed by atoms with E-state index < -0.39 is 24.0 Å². The average molecular weight is 555 g/mol. The molecular weight excluding hydrogens is 526 g/mol. The first-order valence-electron chi connectivity index (χ1n) is 9.64. The van der Waals surface area contributed by atoms with Gasteiger partial charge >= 0.3 is 6.18 Å². The summed E-state index contributed by atoms with van der Waals surface area (Å²) in [5.74, 6) is 0.683. The second-order valence-corrected chi connectivity index (χ2v) is 6.72. The lowest BCUT2D eigenvalue weighted by atomic mass is 9.98. The molecule has 0 saturated carbocycles. The zero-order valence-electron chi connectivity index (χ0n) is 17.7. The van der Waals surface area contributed by atoms with Crippen LogP contribution in [0.4, 0.5) is 13.2 Å². The molecule has 0 aliphatic carbocycles. The Morgan fingerprint density at radius 2 is 1.97 bits per heavy atom. The van der Waals surface area contributed by atoms with E-state index in [-0.39, 0.29) is 30.5 Å². The van der Waals surface area contributed by atoms with Crippen molar-refractivity contribution in [3.63, 3.8) is 0 Å². The molecule has 2 rings (SSSR count). The molecule has 0 fully saturated rings. The highest BCUT2D eigenvalue weighted by molar-refractivity contribution is 14.0. The molecule has 3 N–H and O–H groups in total. The van der Waals surface area contributed by atoms with Crippen LogP contribution in [0.1, 0.15) is 24.7 Å². The Labute approximate surface area is 197 Å². The van der Waals surface area contributed by atoms with Crippen LogP contribution in [0.15, 0.2) is 41.7 Å². The summed E-state index contributed by atoms with van der Waals surface area (Å²) >= 11 is 0. The minimum Gasteiger partial charge on any atom is -0.496 e. The van der Waals surface area contributed by atoms with Gasteiger partial charge in [-0.3, -0.25) is 4.99 Å². The lowest BCUT2D eigenvalue weighted by molar-refractivity contribution is -0.272. The molecule has 2 aromatic rings. The van der Waals surface area contributed by atoms with Gasteiger partial charge in [0.05, 0.1) is 7.11 Å². The molecule has 1 unspecified atom stereocenters. The number of aliphatic hydroxyl groups is 1. The van der Waals surface area contributed by atoms with Gasteiger partial charge in [-0.25, -0.2) is 4.98 Å². The lowest BCUT2D eigenvalue weighted by Crippen LogP contribution is -2.45. The summed E-state index contributed by atoms with van der Waals surface area (Å²) in [5.41, 5.74) is -2.08. The number of aryl methyl sites for hydroxylation is 1. The smallest absolute Gasteiger partial charge is 0.424 e. The molecule has 1 heterocycles. The summed E-state index contributed by atoms with van der Waals surface area (Å²) in [5, 5.41) is 16.5. The van der Waals surface area contributed by atoms with E-state index in [0.29, 0.717) is 25.5 Å². The predicted octanol–water partition coefficient (Wildman–Crippen LogP) is 2.98. The molecule has 11 heteroatoms. The van der Waals surface area contributed by atoms with Crippen LogP contribution < -0.4 is 15.4 Å². The molecule has 174 valence electrons. The van der Waals surface area contributed by atoms with Gasteiger partial charge in [-0.2, -0.15) is 13.2 Å². The van der Waals surface area contributed by atoms with Gasteiger partial charge in [-0.05, 0) is 25.0 Å². The number of alkyl halides is 3. The van der Waals surface area contributed by atoms with Crippen LogP contribution in [0.5, 0.6) is 5.75 Å². The van der Waals surface area contributed by atoms with E-state index >= 15 is 0 Å². The monoisotopic (exact) mass is 555 g/mol. The number of methoxy groups -OCH3 is 1. The number of guanidine groups is 1. The Hall–Kier alpha value is -2.02. The number of nitrogens with zero attached hydrogens (tertiary/aromatic N) is 3. The summed E-state index contributed by atoms with van der Waals surface area (Å²) in [6, 6.07) is 7.60. The number of rotatable bonds is 9. The number of aliphatic imine (C=N–C) groups is 1. The van der Waals surface area contributed by atoms with Crippen molar-refractivity contribution in [1.29, 1.82) is 0 Å². The van der Waals surface area contributed by atoms with Crippen LogP contribution in [0, 0.1) is 0 Å². The number of hydrogen-bond donors (Lipinski definition) is 3. The van der Waals surface area contributed by atoms with Crippen molar-refractivity contribution >= 4 is 29.9 Å². The van der Waals surface area contributed by atoms with Gasteiger partial charge in [0.1, 0.15) is 11.6 Å². The van der Waals surface area contributed by atoms with Crippen LogP contribution in [-0.2, 0) is 19.1 Å². The molecule has 0 aliphatic rings. The molecule has 7 nitrogen and oxygen atoms in total. The normalized spacial score (nSPS) is 13.8. The zero-order valence-corrected chi connectivity index (χ0v) is 20.1. The quantitative estimate of drug-likeness (QED) is 0.252. The molecule has 0 aliphatic heterocycles. The summed E-state index contributed by atoms with van der Waals surface area (Å²) in [4.78, 5) is 7.88. The fourth-order valence-electron chi connectivity index (χ4n) is 3.04. The third-order valence-corrected chi connectivity index (χ3v) is 4.63. The van der Waals surface area contributed by atoms with Crippen molar-refractivity contribution < 1.29 is 23.0 Å². The molecular formula is C20H29F3IN5O2. The second kappa shape index (κ2) is 12.1. The number of halogens is 4. The van der Waals surface area contributed by atoms with E-state index in [1.165, 1.54) is 19.4 Å². The number of aromatic nitrogens is 2. The van der Waals surface area contributed by atoms with Crippen LogP contribution in [0.25, 0.3) is 0 Å². The first-order valence-corrected chi connectivity index (χ1v) is 9.64. The number of benzene rings is 1.